The summed E-state index contributed by atoms with van der Waals surface area (Å²) >= 11 is -1.22. The number of carbonyl (C=O) groups excluding carboxylic acids is 1. The Kier molecular flexibility index (Phi) is 5.01. The molecule has 1 unspecified atom stereocenters. The molecule has 4 heteroatoms. The standard InChI is InChI=1S/C27H27FO2S/c1-26-14-11-23-21(17-25(28)24-16-19(29)10-13-27(23,24)2)22(26)9-8-18(26)12-15-31(30)20-6-4-3-5-7-20/h3-7,10-11,13,15-16,21-22,25H,8-9,14,17H2,1-2H3/t12?,21-,22-,25-,26+,27+,31?/m0/s1. The van der Waals surface area contributed by atoms with Gasteiger partial charge in [0.15, 0.2) is 16.1 Å². The molecule has 0 saturated heterocycles. The largest absolute Gasteiger partial charge is 0.606 e. The lowest BCUT2D eigenvalue weighted by Gasteiger charge is -2.52. The smallest absolute Gasteiger partial charge is 0.178 e. The van der Waals surface area contributed by atoms with Gasteiger partial charge < -0.3 is 4.55 Å². The highest BCUT2D eigenvalue weighted by Crippen LogP contribution is 2.63. The molecule has 0 heterocycles. The monoisotopic (exact) mass is 434 g/mol. The van der Waals surface area contributed by atoms with Crippen LogP contribution >= 0.6 is 0 Å². The molecule has 0 N–H and O–H groups in total. The van der Waals surface area contributed by atoms with Crippen LogP contribution in [0.4, 0.5) is 4.39 Å². The van der Waals surface area contributed by atoms with Crippen LogP contribution < -0.4 is 0 Å². The predicted octanol–water partition coefficient (Wildman–Crippen LogP) is 6.01. The summed E-state index contributed by atoms with van der Waals surface area (Å²) in [7, 11) is 0. The molecule has 0 spiro atoms. The minimum absolute atomic E-state index is 0.0863. The minimum atomic E-state index is -1.22. The molecule has 0 aliphatic heterocycles. The van der Waals surface area contributed by atoms with E-state index in [9.17, 15) is 9.35 Å². The molecule has 2 fully saturated rings. The van der Waals surface area contributed by atoms with E-state index in [-0.39, 0.29) is 17.1 Å². The zero-order chi connectivity index (χ0) is 21.8. The molecule has 0 aromatic heterocycles. The van der Waals surface area contributed by atoms with Gasteiger partial charge in [-0.05, 0) is 79.9 Å². The van der Waals surface area contributed by atoms with Crippen molar-refractivity contribution in [2.45, 2.75) is 50.6 Å². The fraction of sp³-hybridized carbons (Fsp3) is 0.407. The van der Waals surface area contributed by atoms with Gasteiger partial charge in [0.1, 0.15) is 6.17 Å². The zero-order valence-electron chi connectivity index (χ0n) is 17.9. The Balaban J connectivity index is 1.49. The molecule has 1 aromatic rings. The Morgan fingerprint density at radius 2 is 2.00 bits per heavy atom. The van der Waals surface area contributed by atoms with Crippen molar-refractivity contribution >= 4 is 17.0 Å². The summed E-state index contributed by atoms with van der Waals surface area (Å²) in [6.45, 7) is 4.32. The van der Waals surface area contributed by atoms with Crippen molar-refractivity contribution in [2.75, 3.05) is 0 Å². The second-order valence-electron chi connectivity index (χ2n) is 9.62. The summed E-state index contributed by atoms with van der Waals surface area (Å²) < 4.78 is 27.9. The summed E-state index contributed by atoms with van der Waals surface area (Å²) in [5.74, 6) is 0.390. The first-order valence-electron chi connectivity index (χ1n) is 11.0. The second kappa shape index (κ2) is 7.48. The van der Waals surface area contributed by atoms with E-state index in [1.165, 1.54) is 17.2 Å². The molecule has 5 rings (SSSR count). The highest BCUT2D eigenvalue weighted by atomic mass is 32.2. The third-order valence-corrected chi connectivity index (χ3v) is 9.11. The van der Waals surface area contributed by atoms with Gasteiger partial charge in [0.2, 0.25) is 0 Å². The van der Waals surface area contributed by atoms with E-state index in [0.717, 1.165) is 24.2 Å². The van der Waals surface area contributed by atoms with Crippen molar-refractivity contribution in [3.8, 4) is 0 Å². The van der Waals surface area contributed by atoms with Crippen LogP contribution in [-0.4, -0.2) is 16.5 Å². The van der Waals surface area contributed by atoms with Crippen molar-refractivity contribution < 1.29 is 13.7 Å². The van der Waals surface area contributed by atoms with Crippen LogP contribution in [0.3, 0.4) is 0 Å². The molecular weight excluding hydrogens is 407 g/mol. The Labute approximate surface area is 186 Å². The van der Waals surface area contributed by atoms with Crippen LogP contribution in [0.15, 0.2) is 87.4 Å². The van der Waals surface area contributed by atoms with Crippen LogP contribution in [0.1, 0.15) is 39.5 Å². The van der Waals surface area contributed by atoms with Crippen LogP contribution in [0.25, 0.3) is 0 Å². The average Bonchev–Trinajstić information content (AvgIpc) is 3.10. The molecular formula is C27H27FO2S. The number of ketones is 1. The molecule has 4 aliphatic rings. The lowest BCUT2D eigenvalue weighted by atomic mass is 9.52. The number of halogens is 1. The average molecular weight is 435 g/mol. The maximum atomic E-state index is 15.3. The number of rotatable bonds is 2. The summed E-state index contributed by atoms with van der Waals surface area (Å²) in [5.41, 5.74) is 5.92. The molecule has 0 bridgehead atoms. The fourth-order valence-electron chi connectivity index (χ4n) is 6.34. The summed E-state index contributed by atoms with van der Waals surface area (Å²) in [6.07, 6.45) is 9.45. The fourth-order valence-corrected chi connectivity index (χ4v) is 7.15. The number of allylic oxidation sites excluding steroid dienone is 7. The number of hydrogen-bond acceptors (Lipinski definition) is 2. The maximum Gasteiger partial charge on any atom is 0.178 e. The topological polar surface area (TPSA) is 40.1 Å². The van der Waals surface area contributed by atoms with Crippen molar-refractivity contribution in [3.63, 3.8) is 0 Å². The van der Waals surface area contributed by atoms with Gasteiger partial charge in [-0.25, -0.2) is 4.39 Å². The Hall–Kier alpha value is -2.13. The van der Waals surface area contributed by atoms with E-state index in [1.807, 2.05) is 36.4 Å². The second-order valence-corrected chi connectivity index (χ2v) is 10.9. The third kappa shape index (κ3) is 3.24. The van der Waals surface area contributed by atoms with Gasteiger partial charge in [0, 0.05) is 22.0 Å². The first-order chi connectivity index (χ1) is 14.8. The minimum Gasteiger partial charge on any atom is -0.606 e. The first kappa shape index (κ1) is 20.8. The lowest BCUT2D eigenvalue weighted by Crippen LogP contribution is -2.45. The molecule has 1 aromatic carbocycles. The van der Waals surface area contributed by atoms with Crippen LogP contribution in [0.5, 0.6) is 0 Å². The molecule has 6 atom stereocenters. The molecule has 2 nitrogen and oxygen atoms in total. The van der Waals surface area contributed by atoms with E-state index in [4.69, 9.17) is 0 Å². The summed E-state index contributed by atoms with van der Waals surface area (Å²) in [6, 6.07) is 9.43. The summed E-state index contributed by atoms with van der Waals surface area (Å²) in [4.78, 5) is 12.7. The van der Waals surface area contributed by atoms with Crippen LogP contribution in [-0.2, 0) is 16.0 Å². The van der Waals surface area contributed by atoms with E-state index in [0.29, 0.717) is 17.9 Å². The van der Waals surface area contributed by atoms with E-state index in [2.05, 4.69) is 25.7 Å². The van der Waals surface area contributed by atoms with Gasteiger partial charge in [0.25, 0.3) is 0 Å². The molecule has 0 radical (unpaired) electrons. The van der Waals surface area contributed by atoms with Crippen LogP contribution in [0.2, 0.25) is 0 Å². The van der Waals surface area contributed by atoms with E-state index >= 15 is 4.39 Å². The maximum absolute atomic E-state index is 15.3. The van der Waals surface area contributed by atoms with Gasteiger partial charge in [-0.3, -0.25) is 4.79 Å². The predicted molar refractivity (Wildman–Crippen MR) is 121 cm³/mol. The van der Waals surface area contributed by atoms with Gasteiger partial charge in [-0.2, -0.15) is 0 Å². The normalized spacial score (nSPS) is 37.1. The van der Waals surface area contributed by atoms with Crippen molar-refractivity contribution in [1.82, 2.24) is 0 Å². The molecule has 4 aliphatic carbocycles. The molecule has 2 saturated carbocycles. The molecule has 160 valence electrons. The van der Waals surface area contributed by atoms with Gasteiger partial charge in [-0.15, -0.1) is 0 Å². The van der Waals surface area contributed by atoms with E-state index < -0.39 is 22.8 Å². The zero-order valence-corrected chi connectivity index (χ0v) is 18.8. The first-order valence-corrected chi connectivity index (χ1v) is 12.3. The Morgan fingerprint density at radius 3 is 2.77 bits per heavy atom. The Morgan fingerprint density at radius 1 is 1.23 bits per heavy atom. The SMILES string of the molecule is C[C@]12C=CC(=O)C=C1[C@@H](F)C[C@@H]1C2=CC[C@]2(C)C(=C=C[S+]([O-])c3ccccc3)CC[C@@H]12. The Bertz CT molecular complexity index is 1080. The highest BCUT2D eigenvalue weighted by Gasteiger charge is 2.55. The van der Waals surface area contributed by atoms with Crippen molar-refractivity contribution in [3.05, 3.63) is 82.5 Å². The van der Waals surface area contributed by atoms with Crippen molar-refractivity contribution in [2.24, 2.45) is 22.7 Å². The van der Waals surface area contributed by atoms with Gasteiger partial charge in [0.05, 0.1) is 0 Å². The van der Waals surface area contributed by atoms with E-state index in [1.54, 1.807) is 11.5 Å². The highest BCUT2D eigenvalue weighted by molar-refractivity contribution is 7.94. The number of alkyl halides is 1. The molecule has 31 heavy (non-hydrogen) atoms. The van der Waals surface area contributed by atoms with Crippen molar-refractivity contribution in [1.29, 1.82) is 0 Å². The number of benzene rings is 1. The van der Waals surface area contributed by atoms with Gasteiger partial charge >= 0.3 is 0 Å². The number of fused-ring (bicyclic) bond motifs is 5. The molecule has 0 amide bonds. The van der Waals surface area contributed by atoms with Gasteiger partial charge in [-0.1, -0.05) is 48.6 Å². The quantitative estimate of drug-likeness (QED) is 0.325. The third-order valence-electron chi connectivity index (χ3n) is 8.04. The van der Waals surface area contributed by atoms with Crippen LogP contribution in [0, 0.1) is 22.7 Å². The summed E-state index contributed by atoms with van der Waals surface area (Å²) in [5, 5.41) is 1.69. The number of carbonyl (C=O) groups is 1. The number of hydrogen-bond donors (Lipinski definition) is 0. The lowest BCUT2D eigenvalue weighted by molar-refractivity contribution is -0.110.